The third kappa shape index (κ3) is 6.11. The lowest BCUT2D eigenvalue weighted by Gasteiger charge is -2.23. The van der Waals surface area contributed by atoms with E-state index in [1.807, 2.05) is 12.1 Å². The van der Waals surface area contributed by atoms with Crippen LogP contribution in [0.4, 0.5) is 0 Å². The molecule has 0 bridgehead atoms. The van der Waals surface area contributed by atoms with Gasteiger partial charge in [0.15, 0.2) is 0 Å². The van der Waals surface area contributed by atoms with Crippen LogP contribution in [0.5, 0.6) is 5.75 Å². The first-order valence-corrected chi connectivity index (χ1v) is 7.57. The average molecular weight is 263 g/mol. The van der Waals surface area contributed by atoms with Crippen molar-refractivity contribution in [3.63, 3.8) is 0 Å². The Hall–Kier alpha value is -1.02. The number of benzene rings is 1. The normalized spacial score (nSPS) is 14.6. The summed E-state index contributed by atoms with van der Waals surface area (Å²) in [7, 11) is 0. The Morgan fingerprint density at radius 1 is 1.05 bits per heavy atom. The molecular formula is C17H29NO. The third-order valence-electron chi connectivity index (χ3n) is 3.61. The van der Waals surface area contributed by atoms with Crippen molar-refractivity contribution in [2.24, 2.45) is 5.92 Å². The minimum atomic E-state index is 0.337. The Morgan fingerprint density at radius 2 is 1.68 bits per heavy atom. The van der Waals surface area contributed by atoms with Crippen molar-refractivity contribution >= 4 is 0 Å². The predicted molar refractivity (Wildman–Crippen MR) is 82.4 cm³/mol. The van der Waals surface area contributed by atoms with Crippen molar-refractivity contribution in [1.29, 1.82) is 0 Å². The third-order valence-corrected chi connectivity index (χ3v) is 3.61. The van der Waals surface area contributed by atoms with Crippen molar-refractivity contribution < 1.29 is 5.11 Å². The molecule has 1 aromatic rings. The molecule has 0 aliphatic heterocycles. The number of hydrogen-bond donors (Lipinski definition) is 2. The number of phenolic OH excluding ortho intramolecular Hbond substituents is 1. The van der Waals surface area contributed by atoms with Gasteiger partial charge in [-0.1, -0.05) is 45.7 Å². The summed E-state index contributed by atoms with van der Waals surface area (Å²) in [5.74, 6) is 1.13. The largest absolute Gasteiger partial charge is 0.508 e. The summed E-state index contributed by atoms with van der Waals surface area (Å²) in [6.45, 7) is 9.03. The van der Waals surface area contributed by atoms with E-state index in [1.54, 1.807) is 12.1 Å². The molecule has 2 heteroatoms. The molecule has 2 nitrogen and oxygen atoms in total. The van der Waals surface area contributed by atoms with E-state index in [0.29, 0.717) is 17.8 Å². The molecule has 0 aliphatic carbocycles. The van der Waals surface area contributed by atoms with Crippen LogP contribution in [0.25, 0.3) is 0 Å². The van der Waals surface area contributed by atoms with Gasteiger partial charge in [-0.3, -0.25) is 0 Å². The second-order valence-corrected chi connectivity index (χ2v) is 5.94. The maximum Gasteiger partial charge on any atom is 0.115 e. The molecule has 0 aliphatic rings. The maximum atomic E-state index is 9.34. The van der Waals surface area contributed by atoms with Crippen molar-refractivity contribution in [3.8, 4) is 5.75 Å². The van der Waals surface area contributed by atoms with Crippen molar-refractivity contribution in [1.82, 2.24) is 5.32 Å². The number of aromatic hydroxyl groups is 1. The zero-order valence-electron chi connectivity index (χ0n) is 12.8. The molecule has 0 heterocycles. The first kappa shape index (κ1) is 16.0. The minimum Gasteiger partial charge on any atom is -0.508 e. The molecule has 0 amide bonds. The lowest BCUT2D eigenvalue weighted by Crippen LogP contribution is -2.30. The summed E-state index contributed by atoms with van der Waals surface area (Å²) in [5, 5.41) is 13.0. The van der Waals surface area contributed by atoms with Crippen molar-refractivity contribution in [3.05, 3.63) is 29.8 Å². The standard InChI is InChI=1S/C17H29NO/c1-5-17(15-9-11-16(19)12-10-15)18-14(4)8-6-7-13(2)3/h9-14,17-19H,5-8H2,1-4H3. The number of nitrogens with one attached hydrogen (secondary N) is 1. The number of rotatable bonds is 8. The van der Waals surface area contributed by atoms with Crippen LogP contribution >= 0.6 is 0 Å². The molecule has 1 aromatic carbocycles. The zero-order chi connectivity index (χ0) is 14.3. The lowest BCUT2D eigenvalue weighted by molar-refractivity contribution is 0.403. The second kappa shape index (κ2) is 8.21. The molecule has 2 atom stereocenters. The number of phenols is 1. The van der Waals surface area contributed by atoms with Gasteiger partial charge < -0.3 is 10.4 Å². The highest BCUT2D eigenvalue weighted by Crippen LogP contribution is 2.21. The monoisotopic (exact) mass is 263 g/mol. The van der Waals surface area contributed by atoms with Gasteiger partial charge in [0.2, 0.25) is 0 Å². The predicted octanol–water partition coefficient (Wildman–Crippen LogP) is 4.65. The SMILES string of the molecule is CCC(NC(C)CCCC(C)C)c1ccc(O)cc1. The van der Waals surface area contributed by atoms with Gasteiger partial charge in [-0.15, -0.1) is 0 Å². The highest BCUT2D eigenvalue weighted by Gasteiger charge is 2.12. The van der Waals surface area contributed by atoms with Crippen LogP contribution in [0.1, 0.15) is 65.0 Å². The molecule has 2 N–H and O–H groups in total. The van der Waals surface area contributed by atoms with Crippen molar-refractivity contribution in [2.75, 3.05) is 0 Å². The fraction of sp³-hybridized carbons (Fsp3) is 0.647. The average Bonchev–Trinajstić information content (AvgIpc) is 2.36. The lowest BCUT2D eigenvalue weighted by atomic mass is 10.0. The number of hydrogen-bond acceptors (Lipinski definition) is 2. The maximum absolute atomic E-state index is 9.34. The van der Waals surface area contributed by atoms with Crippen LogP contribution in [0.2, 0.25) is 0 Å². The van der Waals surface area contributed by atoms with E-state index in [0.717, 1.165) is 12.3 Å². The van der Waals surface area contributed by atoms with E-state index in [1.165, 1.54) is 24.8 Å². The van der Waals surface area contributed by atoms with Crippen LogP contribution in [0, 0.1) is 5.92 Å². The van der Waals surface area contributed by atoms with E-state index >= 15 is 0 Å². The molecular weight excluding hydrogens is 234 g/mol. The summed E-state index contributed by atoms with van der Waals surface area (Å²) in [4.78, 5) is 0. The fourth-order valence-corrected chi connectivity index (χ4v) is 2.42. The van der Waals surface area contributed by atoms with Gasteiger partial charge in [0.1, 0.15) is 5.75 Å². The molecule has 0 aromatic heterocycles. The van der Waals surface area contributed by atoms with Crippen LogP contribution in [0.15, 0.2) is 24.3 Å². The van der Waals surface area contributed by atoms with Crippen LogP contribution in [-0.4, -0.2) is 11.1 Å². The molecule has 0 fully saturated rings. The summed E-state index contributed by atoms with van der Waals surface area (Å²) >= 11 is 0. The van der Waals surface area contributed by atoms with E-state index < -0.39 is 0 Å². The van der Waals surface area contributed by atoms with E-state index in [2.05, 4.69) is 33.0 Å². The topological polar surface area (TPSA) is 32.3 Å². The Bertz CT molecular complexity index is 345. The molecule has 19 heavy (non-hydrogen) atoms. The van der Waals surface area contributed by atoms with Crippen LogP contribution in [-0.2, 0) is 0 Å². The highest BCUT2D eigenvalue weighted by molar-refractivity contribution is 5.28. The Morgan fingerprint density at radius 3 is 2.21 bits per heavy atom. The Kier molecular flexibility index (Phi) is 6.93. The van der Waals surface area contributed by atoms with Crippen molar-refractivity contribution in [2.45, 2.75) is 65.5 Å². The minimum absolute atomic E-state index is 0.337. The molecule has 1 rings (SSSR count). The second-order valence-electron chi connectivity index (χ2n) is 5.94. The fourth-order valence-electron chi connectivity index (χ4n) is 2.42. The van der Waals surface area contributed by atoms with Gasteiger partial charge in [-0.25, -0.2) is 0 Å². The Labute approximate surface area is 118 Å². The highest BCUT2D eigenvalue weighted by atomic mass is 16.3. The van der Waals surface area contributed by atoms with Gasteiger partial charge in [-0.2, -0.15) is 0 Å². The van der Waals surface area contributed by atoms with Gasteiger partial charge >= 0.3 is 0 Å². The quantitative estimate of drug-likeness (QED) is 0.715. The molecule has 108 valence electrons. The molecule has 0 saturated carbocycles. The summed E-state index contributed by atoms with van der Waals surface area (Å²) in [6, 6.07) is 8.48. The van der Waals surface area contributed by atoms with Gasteiger partial charge in [0.25, 0.3) is 0 Å². The summed E-state index contributed by atoms with van der Waals surface area (Å²) < 4.78 is 0. The Balaban J connectivity index is 2.45. The smallest absolute Gasteiger partial charge is 0.115 e. The van der Waals surface area contributed by atoms with Gasteiger partial charge in [0.05, 0.1) is 0 Å². The van der Waals surface area contributed by atoms with Crippen LogP contribution in [0.3, 0.4) is 0 Å². The summed E-state index contributed by atoms with van der Waals surface area (Å²) in [6.07, 6.45) is 4.89. The summed E-state index contributed by atoms with van der Waals surface area (Å²) in [5.41, 5.74) is 1.26. The molecule has 2 unspecified atom stereocenters. The molecule has 0 spiro atoms. The first-order valence-electron chi connectivity index (χ1n) is 7.57. The van der Waals surface area contributed by atoms with Gasteiger partial charge in [0, 0.05) is 12.1 Å². The van der Waals surface area contributed by atoms with E-state index in [-0.39, 0.29) is 0 Å². The molecule has 0 radical (unpaired) electrons. The van der Waals surface area contributed by atoms with E-state index in [9.17, 15) is 5.11 Å². The molecule has 0 saturated heterocycles. The van der Waals surface area contributed by atoms with E-state index in [4.69, 9.17) is 0 Å². The van der Waals surface area contributed by atoms with Crippen LogP contribution < -0.4 is 5.32 Å². The first-order chi connectivity index (χ1) is 9.02. The van der Waals surface area contributed by atoms with Gasteiger partial charge in [-0.05, 0) is 43.4 Å². The zero-order valence-corrected chi connectivity index (χ0v) is 12.8.